The van der Waals surface area contributed by atoms with Crippen LogP contribution in [0.3, 0.4) is 0 Å². The van der Waals surface area contributed by atoms with Crippen LogP contribution in [0.2, 0.25) is 0 Å². The Morgan fingerprint density at radius 1 is 0.966 bits per heavy atom. The molecule has 0 unspecified atom stereocenters. The third-order valence-electron chi connectivity index (χ3n) is 4.75. The molecule has 2 N–H and O–H groups in total. The molecule has 7 heteroatoms. The molecule has 0 saturated heterocycles. The summed E-state index contributed by atoms with van der Waals surface area (Å²) in [6.45, 7) is 0. The molecule has 0 fully saturated rings. The third-order valence-corrected chi connectivity index (χ3v) is 6.03. The Morgan fingerprint density at radius 3 is 2.45 bits per heavy atom. The smallest absolute Gasteiger partial charge is 0.307 e. The van der Waals surface area contributed by atoms with Gasteiger partial charge in [-0.2, -0.15) is 0 Å². The molecule has 0 spiro atoms. The minimum atomic E-state index is -0.485. The molecule has 6 nitrogen and oxygen atoms in total. The second-order valence-corrected chi connectivity index (χ2v) is 7.86. The molecule has 0 radical (unpaired) electrons. The molecule has 0 aliphatic heterocycles. The monoisotopic (exact) mass is 405 g/mol. The molecule has 146 valence electrons. The van der Waals surface area contributed by atoms with Gasteiger partial charge in [-0.15, -0.1) is 21.6 Å². The van der Waals surface area contributed by atoms with E-state index >= 15 is 0 Å². The summed E-state index contributed by atoms with van der Waals surface area (Å²) in [7, 11) is 0. The van der Waals surface area contributed by atoms with Gasteiger partial charge in [0.1, 0.15) is 10.6 Å². The van der Waals surface area contributed by atoms with Gasteiger partial charge in [-0.05, 0) is 67.6 Å². The van der Waals surface area contributed by atoms with Crippen LogP contribution in [0.15, 0.2) is 64.8 Å². The van der Waals surface area contributed by atoms with E-state index in [1.165, 1.54) is 23.5 Å². The van der Waals surface area contributed by atoms with Crippen molar-refractivity contribution in [2.75, 3.05) is 5.32 Å². The van der Waals surface area contributed by atoms with E-state index in [2.05, 4.69) is 15.5 Å². The Hall–Kier alpha value is -3.32. The van der Waals surface area contributed by atoms with Gasteiger partial charge in [-0.1, -0.05) is 18.2 Å². The van der Waals surface area contributed by atoms with Crippen LogP contribution in [0.5, 0.6) is 5.75 Å². The fourth-order valence-corrected chi connectivity index (χ4v) is 4.52. The molecular weight excluding hydrogens is 386 g/mol. The number of rotatable bonds is 4. The number of amides is 2. The number of thiophene rings is 1. The number of nitrogens with one attached hydrogen (secondary N) is 1. The number of carbonyl (C=O) groups is 2. The molecule has 0 saturated carbocycles. The Bertz CT molecular complexity index is 1070. The first-order valence-electron chi connectivity index (χ1n) is 9.38. The first kappa shape index (κ1) is 19.0. The van der Waals surface area contributed by atoms with Gasteiger partial charge in [-0.3, -0.25) is 9.59 Å². The predicted octanol–water partition coefficient (Wildman–Crippen LogP) is 5.51. The second-order valence-electron chi connectivity index (χ2n) is 6.76. The van der Waals surface area contributed by atoms with Crippen LogP contribution in [-0.4, -0.2) is 16.9 Å². The summed E-state index contributed by atoms with van der Waals surface area (Å²) in [6.07, 6.45) is 3.83. The maximum atomic E-state index is 12.8. The quantitative estimate of drug-likeness (QED) is 0.561. The SMILES string of the molecule is O=C(Nc1c(C(=O)N=Nc2ccc(O)cc2)sc2c1CCCC2)c1ccccc1. The van der Waals surface area contributed by atoms with Gasteiger partial charge in [0, 0.05) is 10.4 Å². The summed E-state index contributed by atoms with van der Waals surface area (Å²) in [6, 6.07) is 15.0. The summed E-state index contributed by atoms with van der Waals surface area (Å²) in [4.78, 5) is 27.0. The van der Waals surface area contributed by atoms with Crippen molar-refractivity contribution in [2.24, 2.45) is 10.2 Å². The molecular formula is C22H19N3O3S. The molecule has 1 aromatic heterocycles. The maximum absolute atomic E-state index is 12.8. The fourth-order valence-electron chi connectivity index (χ4n) is 3.29. The topological polar surface area (TPSA) is 91.1 Å². The average Bonchev–Trinajstić information content (AvgIpc) is 3.12. The Labute approximate surface area is 171 Å². The fraction of sp³-hybridized carbons (Fsp3) is 0.182. The van der Waals surface area contributed by atoms with Crippen LogP contribution in [0, 0.1) is 0 Å². The number of phenolic OH excluding ortho intramolecular Hbond substituents is 1. The number of nitrogens with zero attached hydrogens (tertiary/aromatic N) is 2. The van der Waals surface area contributed by atoms with Gasteiger partial charge in [0.25, 0.3) is 5.91 Å². The third kappa shape index (κ3) is 4.25. The van der Waals surface area contributed by atoms with E-state index < -0.39 is 5.91 Å². The van der Waals surface area contributed by atoms with Gasteiger partial charge in [0.2, 0.25) is 0 Å². The van der Waals surface area contributed by atoms with Crippen LogP contribution in [0.4, 0.5) is 11.4 Å². The lowest BCUT2D eigenvalue weighted by Gasteiger charge is -2.13. The number of aromatic hydroxyl groups is 1. The van der Waals surface area contributed by atoms with Crippen molar-refractivity contribution in [2.45, 2.75) is 25.7 Å². The first-order valence-corrected chi connectivity index (χ1v) is 10.2. The lowest BCUT2D eigenvalue weighted by molar-refractivity contribution is 0.0999. The number of fused-ring (bicyclic) bond motifs is 1. The molecule has 2 aromatic carbocycles. The summed E-state index contributed by atoms with van der Waals surface area (Å²) >= 11 is 1.39. The lowest BCUT2D eigenvalue weighted by atomic mass is 9.97. The zero-order valence-corrected chi connectivity index (χ0v) is 16.4. The highest BCUT2D eigenvalue weighted by molar-refractivity contribution is 7.15. The molecule has 1 aliphatic rings. The normalized spacial score (nSPS) is 13.2. The van der Waals surface area contributed by atoms with Gasteiger partial charge in [0.05, 0.1) is 11.4 Å². The van der Waals surface area contributed by atoms with E-state index in [4.69, 9.17) is 0 Å². The van der Waals surface area contributed by atoms with Gasteiger partial charge >= 0.3 is 5.91 Å². The number of carbonyl (C=O) groups excluding carboxylic acids is 2. The maximum Gasteiger partial charge on any atom is 0.307 e. The van der Waals surface area contributed by atoms with Crippen molar-refractivity contribution >= 4 is 34.5 Å². The number of aryl methyl sites for hydroxylation is 1. The van der Waals surface area contributed by atoms with Crippen molar-refractivity contribution in [3.8, 4) is 5.75 Å². The number of anilines is 1. The highest BCUT2D eigenvalue weighted by Crippen LogP contribution is 2.39. The molecule has 3 aromatic rings. The van der Waals surface area contributed by atoms with Crippen molar-refractivity contribution in [3.63, 3.8) is 0 Å². The lowest BCUT2D eigenvalue weighted by Crippen LogP contribution is -2.15. The number of benzene rings is 2. The van der Waals surface area contributed by atoms with E-state index in [1.54, 1.807) is 36.4 Å². The standard InChI is InChI=1S/C22H19N3O3S/c26-16-12-10-15(11-13-16)24-25-22(28)20-19(17-8-4-5-9-18(17)29-20)23-21(27)14-6-2-1-3-7-14/h1-3,6-7,10-13,26H,4-5,8-9H2,(H,23,27). The van der Waals surface area contributed by atoms with E-state index in [-0.39, 0.29) is 11.7 Å². The van der Waals surface area contributed by atoms with Gasteiger partial charge in [0.15, 0.2) is 0 Å². The number of azo groups is 1. The van der Waals surface area contributed by atoms with Crippen LogP contribution in [0.25, 0.3) is 0 Å². The van der Waals surface area contributed by atoms with Crippen molar-refractivity contribution in [3.05, 3.63) is 75.5 Å². The van der Waals surface area contributed by atoms with Crippen LogP contribution >= 0.6 is 11.3 Å². The highest BCUT2D eigenvalue weighted by Gasteiger charge is 2.26. The number of phenols is 1. The van der Waals surface area contributed by atoms with Crippen molar-refractivity contribution in [1.82, 2.24) is 0 Å². The largest absolute Gasteiger partial charge is 0.508 e. The highest BCUT2D eigenvalue weighted by atomic mass is 32.1. The van der Waals surface area contributed by atoms with Crippen molar-refractivity contribution in [1.29, 1.82) is 0 Å². The zero-order chi connectivity index (χ0) is 20.2. The summed E-state index contributed by atoms with van der Waals surface area (Å²) in [5.74, 6) is -0.616. The molecule has 0 atom stereocenters. The van der Waals surface area contributed by atoms with Gasteiger partial charge < -0.3 is 10.4 Å². The molecule has 29 heavy (non-hydrogen) atoms. The summed E-state index contributed by atoms with van der Waals surface area (Å²) < 4.78 is 0. The average molecular weight is 405 g/mol. The minimum absolute atomic E-state index is 0.118. The molecule has 1 heterocycles. The van der Waals surface area contributed by atoms with E-state index in [0.29, 0.717) is 21.8 Å². The Kier molecular flexibility index (Phi) is 5.48. The van der Waals surface area contributed by atoms with Crippen LogP contribution in [-0.2, 0) is 12.8 Å². The number of hydrogen-bond acceptors (Lipinski definition) is 5. The molecule has 4 rings (SSSR count). The Morgan fingerprint density at radius 2 is 1.69 bits per heavy atom. The van der Waals surface area contributed by atoms with E-state index in [9.17, 15) is 14.7 Å². The predicted molar refractivity (Wildman–Crippen MR) is 112 cm³/mol. The summed E-state index contributed by atoms with van der Waals surface area (Å²) in [5, 5.41) is 20.1. The molecule has 2 amide bonds. The first-order chi connectivity index (χ1) is 14.1. The van der Waals surface area contributed by atoms with Crippen molar-refractivity contribution < 1.29 is 14.7 Å². The summed E-state index contributed by atoms with van der Waals surface area (Å²) in [5.41, 5.74) is 2.60. The second kappa shape index (κ2) is 8.36. The van der Waals surface area contributed by atoms with Crippen LogP contribution in [0.1, 0.15) is 43.3 Å². The van der Waals surface area contributed by atoms with Gasteiger partial charge in [-0.25, -0.2) is 0 Å². The molecule has 1 aliphatic carbocycles. The Balaban J connectivity index is 1.63. The van der Waals surface area contributed by atoms with Crippen LogP contribution < -0.4 is 5.32 Å². The molecule has 0 bridgehead atoms. The van der Waals surface area contributed by atoms with E-state index in [0.717, 1.165) is 36.1 Å². The minimum Gasteiger partial charge on any atom is -0.508 e. The number of hydrogen-bond donors (Lipinski definition) is 2. The zero-order valence-electron chi connectivity index (χ0n) is 15.6. The van der Waals surface area contributed by atoms with E-state index in [1.807, 2.05) is 6.07 Å².